The quantitative estimate of drug-likeness (QED) is 0.497. The van der Waals surface area contributed by atoms with Crippen LogP contribution >= 0.6 is 11.8 Å². The second kappa shape index (κ2) is 7.47. The minimum Gasteiger partial charge on any atom is -0.465 e. The van der Waals surface area contributed by atoms with Crippen LogP contribution in [0.5, 0.6) is 0 Å². The lowest BCUT2D eigenvalue weighted by Crippen LogP contribution is -2.28. The number of nitrogens with zero attached hydrogens (tertiary/aromatic N) is 3. The van der Waals surface area contributed by atoms with Gasteiger partial charge in [-0.15, -0.1) is 0 Å². The van der Waals surface area contributed by atoms with Crippen molar-refractivity contribution in [1.82, 2.24) is 9.55 Å². The maximum Gasteiger partial charge on any atom is 0.337 e. The van der Waals surface area contributed by atoms with Crippen molar-refractivity contribution in [3.05, 3.63) is 34.1 Å². The van der Waals surface area contributed by atoms with Crippen molar-refractivity contribution in [2.24, 2.45) is 0 Å². The van der Waals surface area contributed by atoms with Gasteiger partial charge in [0.2, 0.25) is 0 Å². The van der Waals surface area contributed by atoms with Gasteiger partial charge in [0.15, 0.2) is 5.16 Å². The van der Waals surface area contributed by atoms with Crippen LogP contribution in [0.1, 0.15) is 24.2 Å². The second-order valence-electron chi connectivity index (χ2n) is 5.27. The summed E-state index contributed by atoms with van der Waals surface area (Å²) in [7, 11) is 1.27. The summed E-state index contributed by atoms with van der Waals surface area (Å²) in [5.74, 6) is -0.522. The van der Waals surface area contributed by atoms with E-state index in [-0.39, 0.29) is 17.7 Å². The molecule has 2 aromatic rings. The molecule has 8 heteroatoms. The van der Waals surface area contributed by atoms with E-state index in [0.717, 1.165) is 11.8 Å². The Morgan fingerprint density at radius 2 is 2.21 bits per heavy atom. The smallest absolute Gasteiger partial charge is 0.337 e. The number of hydrogen-bond donors (Lipinski definition) is 1. The van der Waals surface area contributed by atoms with Crippen LogP contribution < -0.4 is 5.56 Å². The summed E-state index contributed by atoms with van der Waals surface area (Å²) < 4.78 is 6.02. The molecule has 1 aromatic heterocycles. The first kappa shape index (κ1) is 18.0. The molecule has 1 heterocycles. The van der Waals surface area contributed by atoms with Gasteiger partial charge in [-0.25, -0.2) is 9.78 Å². The lowest BCUT2D eigenvalue weighted by Gasteiger charge is -2.15. The molecule has 7 nitrogen and oxygen atoms in total. The second-order valence-corrected chi connectivity index (χ2v) is 6.58. The fourth-order valence-electron chi connectivity index (χ4n) is 2.15. The molecule has 126 valence electrons. The first-order valence-electron chi connectivity index (χ1n) is 7.24. The van der Waals surface area contributed by atoms with Crippen molar-refractivity contribution in [3.63, 3.8) is 0 Å². The van der Waals surface area contributed by atoms with Crippen molar-refractivity contribution in [2.75, 3.05) is 7.11 Å². The van der Waals surface area contributed by atoms with Gasteiger partial charge in [0.25, 0.3) is 5.56 Å². The zero-order valence-electron chi connectivity index (χ0n) is 13.5. The van der Waals surface area contributed by atoms with Crippen LogP contribution in [-0.4, -0.2) is 39.1 Å². The van der Waals surface area contributed by atoms with Gasteiger partial charge < -0.3 is 9.84 Å². The summed E-state index contributed by atoms with van der Waals surface area (Å²) in [5, 5.41) is 18.9. The van der Waals surface area contributed by atoms with Crippen LogP contribution in [0, 0.1) is 11.3 Å². The van der Waals surface area contributed by atoms with E-state index in [1.165, 1.54) is 29.9 Å². The molecule has 0 spiro atoms. The lowest BCUT2D eigenvalue weighted by atomic mass is 10.1. The summed E-state index contributed by atoms with van der Waals surface area (Å²) in [4.78, 5) is 28.8. The minimum atomic E-state index is -0.743. The zero-order valence-corrected chi connectivity index (χ0v) is 14.3. The Balaban J connectivity index is 2.67. The van der Waals surface area contributed by atoms with E-state index in [1.54, 1.807) is 13.8 Å². The molecule has 0 amide bonds. The highest BCUT2D eigenvalue weighted by Gasteiger charge is 2.17. The van der Waals surface area contributed by atoms with Crippen LogP contribution in [0.4, 0.5) is 0 Å². The van der Waals surface area contributed by atoms with E-state index < -0.39 is 17.3 Å². The van der Waals surface area contributed by atoms with E-state index in [0.29, 0.717) is 16.1 Å². The number of ether oxygens (including phenoxy) is 1. The zero-order chi connectivity index (χ0) is 17.9. The Morgan fingerprint density at radius 3 is 2.79 bits per heavy atom. The number of methoxy groups -OCH3 is 1. The van der Waals surface area contributed by atoms with Gasteiger partial charge in [-0.3, -0.25) is 9.36 Å². The fourth-order valence-corrected chi connectivity index (χ4v) is 2.95. The summed E-state index contributed by atoms with van der Waals surface area (Å²) in [5.41, 5.74) is 0.303. The normalized spacial score (nSPS) is 13.3. The monoisotopic (exact) mass is 347 g/mol. The van der Waals surface area contributed by atoms with Gasteiger partial charge in [-0.1, -0.05) is 11.8 Å². The Labute approximate surface area is 142 Å². The molecular weight excluding hydrogens is 330 g/mol. The number of aromatic nitrogens is 2. The SMILES string of the molecule is COC(=O)c1ccc2c(=O)n(C[C@H](C)O)c(S[C@H](C)C#N)nc2c1. The van der Waals surface area contributed by atoms with Crippen LogP contribution in [0.15, 0.2) is 28.2 Å². The van der Waals surface area contributed by atoms with Crippen LogP contribution in [-0.2, 0) is 11.3 Å². The lowest BCUT2D eigenvalue weighted by molar-refractivity contribution is 0.0601. The van der Waals surface area contributed by atoms with Gasteiger partial charge in [-0.05, 0) is 32.0 Å². The molecular formula is C16H17N3O4S. The fraction of sp³-hybridized carbons (Fsp3) is 0.375. The number of esters is 1. The van der Waals surface area contributed by atoms with Gasteiger partial charge in [-0.2, -0.15) is 5.26 Å². The van der Waals surface area contributed by atoms with E-state index in [1.807, 2.05) is 0 Å². The number of carbonyl (C=O) groups is 1. The molecule has 0 aliphatic carbocycles. The molecule has 0 bridgehead atoms. The number of thioether (sulfide) groups is 1. The highest BCUT2D eigenvalue weighted by Crippen LogP contribution is 2.23. The topological polar surface area (TPSA) is 105 Å². The van der Waals surface area contributed by atoms with Crippen LogP contribution in [0.2, 0.25) is 0 Å². The van der Waals surface area contributed by atoms with Crippen LogP contribution in [0.3, 0.4) is 0 Å². The predicted octanol–water partition coefficient (Wildman–Crippen LogP) is 1.57. The third-order valence-corrected chi connectivity index (χ3v) is 4.23. The van der Waals surface area contributed by atoms with Crippen molar-refractivity contribution >= 4 is 28.6 Å². The Kier molecular flexibility index (Phi) is 5.59. The maximum absolute atomic E-state index is 12.7. The summed E-state index contributed by atoms with van der Waals surface area (Å²) in [6, 6.07) is 6.56. The third kappa shape index (κ3) is 3.75. The summed E-state index contributed by atoms with van der Waals surface area (Å²) in [6.45, 7) is 3.33. The van der Waals surface area contributed by atoms with Crippen LogP contribution in [0.25, 0.3) is 10.9 Å². The Morgan fingerprint density at radius 1 is 1.50 bits per heavy atom. The number of rotatable bonds is 5. The Bertz CT molecular complexity index is 870. The molecule has 24 heavy (non-hydrogen) atoms. The minimum absolute atomic E-state index is 0.0704. The first-order valence-corrected chi connectivity index (χ1v) is 8.12. The van der Waals surface area contributed by atoms with E-state index in [9.17, 15) is 14.7 Å². The largest absolute Gasteiger partial charge is 0.465 e. The van der Waals surface area contributed by atoms with Gasteiger partial charge in [0.1, 0.15) is 0 Å². The molecule has 0 radical (unpaired) electrons. The number of nitriles is 1. The summed E-state index contributed by atoms with van der Waals surface area (Å²) in [6.07, 6.45) is -0.743. The van der Waals surface area contributed by atoms with Crippen molar-refractivity contribution in [3.8, 4) is 6.07 Å². The van der Waals surface area contributed by atoms with E-state index >= 15 is 0 Å². The van der Waals surface area contributed by atoms with Crippen molar-refractivity contribution < 1.29 is 14.6 Å². The predicted molar refractivity (Wildman–Crippen MR) is 90.0 cm³/mol. The number of aliphatic hydroxyl groups excluding tert-OH is 1. The van der Waals surface area contributed by atoms with Gasteiger partial charge in [0.05, 0.1) is 47.5 Å². The average molecular weight is 347 g/mol. The van der Waals surface area contributed by atoms with Gasteiger partial charge >= 0.3 is 5.97 Å². The number of benzene rings is 1. The number of aliphatic hydroxyl groups is 1. The molecule has 0 fully saturated rings. The molecule has 0 aliphatic heterocycles. The molecule has 0 saturated carbocycles. The maximum atomic E-state index is 12.7. The molecule has 2 rings (SSSR count). The van der Waals surface area contributed by atoms with E-state index in [4.69, 9.17) is 5.26 Å². The first-order chi connectivity index (χ1) is 11.4. The standard InChI is InChI=1S/C16H17N3O4S/c1-9(20)8-19-14(21)12-5-4-11(15(22)23-3)6-13(12)18-16(19)24-10(2)7-17/h4-6,9-10,20H,8H2,1-3H3/t9-,10+/m0/s1. The average Bonchev–Trinajstić information content (AvgIpc) is 2.56. The number of hydrogen-bond acceptors (Lipinski definition) is 7. The molecule has 1 N–H and O–H groups in total. The molecule has 0 unspecified atom stereocenters. The number of fused-ring (bicyclic) bond motifs is 1. The highest BCUT2D eigenvalue weighted by atomic mass is 32.2. The number of carbonyl (C=O) groups excluding carboxylic acids is 1. The molecule has 0 saturated heterocycles. The Hall–Kier alpha value is -2.37. The molecule has 1 aromatic carbocycles. The van der Waals surface area contributed by atoms with Crippen molar-refractivity contribution in [1.29, 1.82) is 5.26 Å². The van der Waals surface area contributed by atoms with E-state index in [2.05, 4.69) is 15.8 Å². The molecule has 2 atom stereocenters. The molecule has 0 aliphatic rings. The van der Waals surface area contributed by atoms with Gasteiger partial charge in [0, 0.05) is 0 Å². The third-order valence-electron chi connectivity index (χ3n) is 3.25. The summed E-state index contributed by atoms with van der Waals surface area (Å²) >= 11 is 1.12. The van der Waals surface area contributed by atoms with Crippen molar-refractivity contribution in [2.45, 2.75) is 36.9 Å². The highest BCUT2D eigenvalue weighted by molar-refractivity contribution is 8.00.